The van der Waals surface area contributed by atoms with Gasteiger partial charge in [0.25, 0.3) is 5.91 Å². The Kier molecular flexibility index (Phi) is 4.56. The van der Waals surface area contributed by atoms with Gasteiger partial charge in [0.15, 0.2) is 0 Å². The van der Waals surface area contributed by atoms with Crippen LogP contribution in [0.1, 0.15) is 29.6 Å². The molecule has 1 N–H and O–H groups in total. The number of allylic oxidation sites excluding steroid dienone is 2. The minimum absolute atomic E-state index is 0.0313. The molecule has 1 aromatic carbocycles. The van der Waals surface area contributed by atoms with E-state index < -0.39 is 0 Å². The second kappa shape index (κ2) is 6.37. The molecule has 0 bridgehead atoms. The second-order valence-electron chi connectivity index (χ2n) is 5.25. The van der Waals surface area contributed by atoms with E-state index in [0.717, 1.165) is 19.3 Å². The molecule has 1 aliphatic carbocycles. The third kappa shape index (κ3) is 3.47. The smallest absolute Gasteiger partial charge is 0.253 e. The first-order valence-electron chi connectivity index (χ1n) is 6.85. The van der Waals surface area contributed by atoms with Crippen molar-refractivity contribution < 1.29 is 9.59 Å². The normalized spacial score (nSPS) is 17.6. The fraction of sp³-hybridized carbons (Fsp3) is 0.375. The largest absolute Gasteiger partial charge is 0.345 e. The summed E-state index contributed by atoms with van der Waals surface area (Å²) in [5, 5.41) is 2.90. The van der Waals surface area contributed by atoms with Crippen LogP contribution in [0.15, 0.2) is 36.4 Å². The second-order valence-corrected chi connectivity index (χ2v) is 5.25. The zero-order chi connectivity index (χ0) is 14.5. The molecule has 0 radical (unpaired) electrons. The summed E-state index contributed by atoms with van der Waals surface area (Å²) in [5.74, 6) is -0.00120. The number of benzene rings is 1. The highest BCUT2D eigenvalue weighted by molar-refractivity contribution is 5.97. The molecule has 1 aliphatic rings. The Hall–Kier alpha value is -2.10. The molecular weight excluding hydrogens is 252 g/mol. The molecule has 0 spiro atoms. The molecule has 2 rings (SSSR count). The fourth-order valence-electron chi connectivity index (χ4n) is 2.26. The van der Waals surface area contributed by atoms with Gasteiger partial charge in [0, 0.05) is 31.3 Å². The van der Waals surface area contributed by atoms with Crippen LogP contribution >= 0.6 is 0 Å². The van der Waals surface area contributed by atoms with Crippen molar-refractivity contribution >= 4 is 17.5 Å². The Balaban J connectivity index is 2.06. The van der Waals surface area contributed by atoms with Crippen LogP contribution in [0.4, 0.5) is 5.69 Å². The molecule has 0 heterocycles. The van der Waals surface area contributed by atoms with Gasteiger partial charge in [-0.05, 0) is 37.5 Å². The fourth-order valence-corrected chi connectivity index (χ4v) is 2.26. The maximum absolute atomic E-state index is 12.1. The Morgan fingerprint density at radius 1 is 1.25 bits per heavy atom. The molecule has 1 atom stereocenters. The Morgan fingerprint density at radius 3 is 2.70 bits per heavy atom. The number of amides is 2. The lowest BCUT2D eigenvalue weighted by molar-refractivity contribution is -0.120. The molecule has 0 saturated heterocycles. The predicted molar refractivity (Wildman–Crippen MR) is 79.6 cm³/mol. The SMILES string of the molecule is CN(C)C(=O)c1cccc(NC(=O)C2CC=CCC2)c1. The minimum atomic E-state index is -0.0679. The number of nitrogens with one attached hydrogen (secondary N) is 1. The van der Waals surface area contributed by atoms with Gasteiger partial charge < -0.3 is 10.2 Å². The van der Waals surface area contributed by atoms with E-state index in [0.29, 0.717) is 11.3 Å². The molecule has 4 heteroatoms. The molecule has 0 aromatic heterocycles. The Labute approximate surface area is 119 Å². The summed E-state index contributed by atoms with van der Waals surface area (Å²) in [6.45, 7) is 0. The molecular formula is C16H20N2O2. The quantitative estimate of drug-likeness (QED) is 0.860. The average Bonchev–Trinajstić information content (AvgIpc) is 2.47. The van der Waals surface area contributed by atoms with Crippen molar-refractivity contribution in [2.75, 3.05) is 19.4 Å². The van der Waals surface area contributed by atoms with Crippen LogP contribution < -0.4 is 5.32 Å². The highest BCUT2D eigenvalue weighted by atomic mass is 16.2. The highest BCUT2D eigenvalue weighted by Gasteiger charge is 2.19. The lowest BCUT2D eigenvalue weighted by Gasteiger charge is -2.17. The van der Waals surface area contributed by atoms with Crippen molar-refractivity contribution in [1.29, 1.82) is 0 Å². The summed E-state index contributed by atoms with van der Waals surface area (Å²) < 4.78 is 0. The first-order chi connectivity index (χ1) is 9.58. The van der Waals surface area contributed by atoms with Crippen molar-refractivity contribution in [1.82, 2.24) is 4.90 Å². The van der Waals surface area contributed by atoms with E-state index in [-0.39, 0.29) is 17.7 Å². The van der Waals surface area contributed by atoms with Gasteiger partial charge in [-0.2, -0.15) is 0 Å². The number of carbonyl (C=O) groups excluding carboxylic acids is 2. The van der Waals surface area contributed by atoms with E-state index in [4.69, 9.17) is 0 Å². The Morgan fingerprint density at radius 2 is 2.05 bits per heavy atom. The summed E-state index contributed by atoms with van der Waals surface area (Å²) in [4.78, 5) is 25.6. The van der Waals surface area contributed by atoms with Gasteiger partial charge in [-0.1, -0.05) is 18.2 Å². The maximum atomic E-state index is 12.1. The van der Waals surface area contributed by atoms with Crippen LogP contribution in [0, 0.1) is 5.92 Å². The van der Waals surface area contributed by atoms with Gasteiger partial charge in [-0.15, -0.1) is 0 Å². The van der Waals surface area contributed by atoms with Gasteiger partial charge in [-0.25, -0.2) is 0 Å². The average molecular weight is 272 g/mol. The zero-order valence-electron chi connectivity index (χ0n) is 11.9. The molecule has 106 valence electrons. The lowest BCUT2D eigenvalue weighted by atomic mass is 9.93. The van der Waals surface area contributed by atoms with Gasteiger partial charge in [0.2, 0.25) is 5.91 Å². The molecule has 0 aliphatic heterocycles. The minimum Gasteiger partial charge on any atom is -0.345 e. The van der Waals surface area contributed by atoms with E-state index in [1.54, 1.807) is 32.3 Å². The number of anilines is 1. The van der Waals surface area contributed by atoms with Gasteiger partial charge >= 0.3 is 0 Å². The van der Waals surface area contributed by atoms with Crippen molar-refractivity contribution in [2.45, 2.75) is 19.3 Å². The zero-order valence-corrected chi connectivity index (χ0v) is 11.9. The summed E-state index contributed by atoms with van der Waals surface area (Å²) in [5.41, 5.74) is 1.26. The van der Waals surface area contributed by atoms with E-state index in [2.05, 4.69) is 17.5 Å². The van der Waals surface area contributed by atoms with Gasteiger partial charge in [0.05, 0.1) is 0 Å². The van der Waals surface area contributed by atoms with Crippen molar-refractivity contribution in [3.05, 3.63) is 42.0 Å². The third-order valence-electron chi connectivity index (χ3n) is 3.42. The number of carbonyl (C=O) groups is 2. The van der Waals surface area contributed by atoms with Crippen LogP contribution in [-0.2, 0) is 4.79 Å². The van der Waals surface area contributed by atoms with Crippen LogP contribution in [0.3, 0.4) is 0 Å². The highest BCUT2D eigenvalue weighted by Crippen LogP contribution is 2.20. The maximum Gasteiger partial charge on any atom is 0.253 e. The molecule has 0 fully saturated rings. The topological polar surface area (TPSA) is 49.4 Å². The van der Waals surface area contributed by atoms with E-state index in [9.17, 15) is 9.59 Å². The van der Waals surface area contributed by atoms with E-state index in [1.165, 1.54) is 4.90 Å². The van der Waals surface area contributed by atoms with Crippen molar-refractivity contribution in [3.63, 3.8) is 0 Å². The third-order valence-corrected chi connectivity index (χ3v) is 3.42. The molecule has 1 aromatic rings. The molecule has 20 heavy (non-hydrogen) atoms. The monoisotopic (exact) mass is 272 g/mol. The van der Waals surface area contributed by atoms with Gasteiger partial charge in [0.1, 0.15) is 0 Å². The van der Waals surface area contributed by atoms with E-state index in [1.807, 2.05) is 6.07 Å². The molecule has 0 saturated carbocycles. The summed E-state index contributed by atoms with van der Waals surface area (Å²) in [6, 6.07) is 7.07. The van der Waals surface area contributed by atoms with Crippen LogP contribution in [0.25, 0.3) is 0 Å². The van der Waals surface area contributed by atoms with Gasteiger partial charge in [-0.3, -0.25) is 9.59 Å². The number of hydrogen-bond acceptors (Lipinski definition) is 2. The first-order valence-corrected chi connectivity index (χ1v) is 6.85. The van der Waals surface area contributed by atoms with Crippen molar-refractivity contribution in [2.24, 2.45) is 5.92 Å². The molecule has 4 nitrogen and oxygen atoms in total. The van der Waals surface area contributed by atoms with Crippen molar-refractivity contribution in [3.8, 4) is 0 Å². The standard InChI is InChI=1S/C16H20N2O2/c1-18(2)16(20)13-9-6-10-14(11-13)17-15(19)12-7-4-3-5-8-12/h3-4,6,9-12H,5,7-8H2,1-2H3,(H,17,19). The summed E-state index contributed by atoms with van der Waals surface area (Å²) in [7, 11) is 3.42. The van der Waals surface area contributed by atoms with Crippen LogP contribution in [0.2, 0.25) is 0 Å². The predicted octanol–water partition coefficient (Wildman–Crippen LogP) is 2.68. The lowest BCUT2D eigenvalue weighted by Crippen LogP contribution is -2.24. The number of rotatable bonds is 3. The molecule has 2 amide bonds. The molecule has 1 unspecified atom stereocenters. The van der Waals surface area contributed by atoms with Crippen LogP contribution in [0.5, 0.6) is 0 Å². The van der Waals surface area contributed by atoms with E-state index >= 15 is 0 Å². The number of nitrogens with zero attached hydrogens (tertiary/aromatic N) is 1. The number of hydrogen-bond donors (Lipinski definition) is 1. The summed E-state index contributed by atoms with van der Waals surface area (Å²) >= 11 is 0. The first kappa shape index (κ1) is 14.3. The van der Waals surface area contributed by atoms with Crippen LogP contribution in [-0.4, -0.2) is 30.8 Å². The summed E-state index contributed by atoms with van der Waals surface area (Å²) in [6.07, 6.45) is 6.80. The Bertz CT molecular complexity index is 535.